The molecule has 4 heterocycles. The second kappa shape index (κ2) is 9.44. The predicted molar refractivity (Wildman–Crippen MR) is 126 cm³/mol. The van der Waals surface area contributed by atoms with Crippen molar-refractivity contribution in [2.24, 2.45) is 5.92 Å². The van der Waals surface area contributed by atoms with E-state index in [1.807, 2.05) is 52.3 Å². The van der Waals surface area contributed by atoms with Gasteiger partial charge in [-0.05, 0) is 37.1 Å². The Kier molecular flexibility index (Phi) is 6.22. The lowest BCUT2D eigenvalue weighted by molar-refractivity contribution is -0.143. The van der Waals surface area contributed by atoms with Crippen molar-refractivity contribution in [3.8, 4) is 5.75 Å². The summed E-state index contributed by atoms with van der Waals surface area (Å²) in [4.78, 5) is 46.6. The van der Waals surface area contributed by atoms with Crippen molar-refractivity contribution in [3.63, 3.8) is 0 Å². The zero-order chi connectivity index (χ0) is 23.5. The van der Waals surface area contributed by atoms with E-state index in [4.69, 9.17) is 4.74 Å². The minimum Gasteiger partial charge on any atom is -0.484 e. The van der Waals surface area contributed by atoms with Gasteiger partial charge in [-0.15, -0.1) is 0 Å². The Morgan fingerprint density at radius 1 is 1.06 bits per heavy atom. The lowest BCUT2D eigenvalue weighted by Gasteiger charge is -2.42. The molecule has 0 radical (unpaired) electrons. The SMILES string of the molecule is O=C1CC2(CCN(C(=O)C3CCCN(C(=O)Cc4ccccn4)C3)CC2)Oc2ccccc2N1. The molecule has 178 valence electrons. The fourth-order valence-electron chi connectivity index (χ4n) is 5.26. The maximum Gasteiger partial charge on any atom is 0.228 e. The molecule has 3 aliphatic rings. The number of rotatable bonds is 3. The van der Waals surface area contributed by atoms with Crippen LogP contribution in [0.3, 0.4) is 0 Å². The van der Waals surface area contributed by atoms with Crippen LogP contribution in [0.25, 0.3) is 0 Å². The van der Waals surface area contributed by atoms with Gasteiger partial charge in [-0.25, -0.2) is 0 Å². The minimum atomic E-state index is -0.593. The number of aromatic nitrogens is 1. The Morgan fingerprint density at radius 3 is 2.65 bits per heavy atom. The number of hydrogen-bond donors (Lipinski definition) is 1. The van der Waals surface area contributed by atoms with Crippen molar-refractivity contribution in [1.82, 2.24) is 14.8 Å². The second-order valence-corrected chi connectivity index (χ2v) is 9.51. The Hall–Kier alpha value is -3.42. The number of ether oxygens (including phenoxy) is 1. The molecule has 0 saturated carbocycles. The average molecular weight is 463 g/mol. The molecule has 2 fully saturated rings. The molecule has 34 heavy (non-hydrogen) atoms. The van der Waals surface area contributed by atoms with Crippen LogP contribution in [-0.2, 0) is 20.8 Å². The first kappa shape index (κ1) is 22.4. The largest absolute Gasteiger partial charge is 0.484 e. The number of carbonyl (C=O) groups is 3. The number of fused-ring (bicyclic) bond motifs is 1. The van der Waals surface area contributed by atoms with E-state index in [9.17, 15) is 14.4 Å². The molecule has 1 aromatic carbocycles. The highest BCUT2D eigenvalue weighted by atomic mass is 16.5. The summed E-state index contributed by atoms with van der Waals surface area (Å²) in [6, 6.07) is 13.0. The van der Waals surface area contributed by atoms with Gasteiger partial charge >= 0.3 is 0 Å². The van der Waals surface area contributed by atoms with Crippen LogP contribution in [0.4, 0.5) is 5.69 Å². The number of hydrogen-bond acceptors (Lipinski definition) is 5. The van der Waals surface area contributed by atoms with Crippen LogP contribution in [0.5, 0.6) is 5.75 Å². The Morgan fingerprint density at radius 2 is 1.85 bits per heavy atom. The van der Waals surface area contributed by atoms with E-state index in [2.05, 4.69) is 10.3 Å². The number of anilines is 1. The van der Waals surface area contributed by atoms with E-state index in [-0.39, 0.29) is 36.5 Å². The highest BCUT2D eigenvalue weighted by Gasteiger charge is 2.43. The Balaban J connectivity index is 1.19. The quantitative estimate of drug-likeness (QED) is 0.757. The zero-order valence-corrected chi connectivity index (χ0v) is 19.2. The number of para-hydroxylation sites is 2. The number of likely N-dealkylation sites (tertiary alicyclic amines) is 2. The lowest BCUT2D eigenvalue weighted by Crippen LogP contribution is -2.53. The van der Waals surface area contributed by atoms with Crippen LogP contribution in [0, 0.1) is 5.92 Å². The van der Waals surface area contributed by atoms with Gasteiger partial charge in [0, 0.05) is 50.9 Å². The summed E-state index contributed by atoms with van der Waals surface area (Å²) in [7, 11) is 0. The molecule has 0 bridgehead atoms. The molecule has 2 aromatic rings. The number of nitrogens with zero attached hydrogens (tertiary/aromatic N) is 3. The fourth-order valence-corrected chi connectivity index (χ4v) is 5.26. The average Bonchev–Trinajstić information content (AvgIpc) is 2.99. The third-order valence-electron chi connectivity index (χ3n) is 7.14. The molecule has 2 saturated heterocycles. The molecule has 1 spiro atoms. The van der Waals surface area contributed by atoms with Crippen molar-refractivity contribution in [2.75, 3.05) is 31.5 Å². The minimum absolute atomic E-state index is 0.0188. The van der Waals surface area contributed by atoms with Crippen molar-refractivity contribution in [3.05, 3.63) is 54.4 Å². The predicted octanol–water partition coefficient (Wildman–Crippen LogP) is 2.65. The van der Waals surface area contributed by atoms with Crippen molar-refractivity contribution in [1.29, 1.82) is 0 Å². The molecule has 1 aromatic heterocycles. The zero-order valence-electron chi connectivity index (χ0n) is 19.2. The maximum atomic E-state index is 13.3. The summed E-state index contributed by atoms with van der Waals surface area (Å²) in [5.41, 5.74) is 0.849. The summed E-state index contributed by atoms with van der Waals surface area (Å²) in [6.45, 7) is 2.23. The van der Waals surface area contributed by atoms with E-state index in [0.717, 1.165) is 18.5 Å². The monoisotopic (exact) mass is 462 g/mol. The number of amides is 3. The topological polar surface area (TPSA) is 91.8 Å². The van der Waals surface area contributed by atoms with Gasteiger partial charge in [-0.2, -0.15) is 0 Å². The van der Waals surface area contributed by atoms with Crippen molar-refractivity contribution >= 4 is 23.4 Å². The maximum absolute atomic E-state index is 13.3. The standard InChI is InChI=1S/C26H30N4O4/c31-23-17-26(34-22-9-2-1-8-21(22)28-23)10-14-29(15-11-26)25(33)19-6-5-13-30(18-19)24(32)16-20-7-3-4-12-27-20/h1-4,7-9,12,19H,5-6,10-11,13-18H2,(H,28,31). The third kappa shape index (κ3) is 4.76. The van der Waals surface area contributed by atoms with E-state index in [1.54, 1.807) is 6.20 Å². The van der Waals surface area contributed by atoms with E-state index >= 15 is 0 Å². The summed E-state index contributed by atoms with van der Waals surface area (Å²) in [5.74, 6) is 0.560. The Labute approximate surface area is 199 Å². The third-order valence-corrected chi connectivity index (χ3v) is 7.14. The smallest absolute Gasteiger partial charge is 0.228 e. The normalized spacial score (nSPS) is 21.8. The van der Waals surface area contributed by atoms with Crippen LogP contribution < -0.4 is 10.1 Å². The molecule has 5 rings (SSSR count). The number of nitrogens with one attached hydrogen (secondary N) is 1. The van der Waals surface area contributed by atoms with Gasteiger partial charge in [0.25, 0.3) is 0 Å². The molecule has 8 heteroatoms. The summed E-state index contributed by atoms with van der Waals surface area (Å²) < 4.78 is 6.35. The van der Waals surface area contributed by atoms with Crippen LogP contribution in [0.2, 0.25) is 0 Å². The van der Waals surface area contributed by atoms with Crippen LogP contribution >= 0.6 is 0 Å². The van der Waals surface area contributed by atoms with Gasteiger partial charge in [0.15, 0.2) is 0 Å². The summed E-state index contributed by atoms with van der Waals surface area (Å²) in [6.07, 6.45) is 5.06. The highest BCUT2D eigenvalue weighted by molar-refractivity contribution is 5.93. The van der Waals surface area contributed by atoms with Crippen LogP contribution in [0.1, 0.15) is 37.8 Å². The highest BCUT2D eigenvalue weighted by Crippen LogP contribution is 2.38. The van der Waals surface area contributed by atoms with Crippen molar-refractivity contribution in [2.45, 2.75) is 44.1 Å². The second-order valence-electron chi connectivity index (χ2n) is 9.51. The van der Waals surface area contributed by atoms with E-state index < -0.39 is 5.60 Å². The molecular formula is C26H30N4O4. The number of benzene rings is 1. The molecular weight excluding hydrogens is 432 g/mol. The Bertz CT molecular complexity index is 1070. The molecule has 0 aliphatic carbocycles. The molecule has 3 aliphatic heterocycles. The lowest BCUT2D eigenvalue weighted by atomic mass is 9.86. The van der Waals surface area contributed by atoms with E-state index in [1.165, 1.54) is 0 Å². The first-order valence-electron chi connectivity index (χ1n) is 12.1. The summed E-state index contributed by atoms with van der Waals surface area (Å²) in [5, 5.41) is 2.93. The molecule has 1 atom stereocenters. The van der Waals surface area contributed by atoms with Gasteiger partial charge in [0.2, 0.25) is 17.7 Å². The van der Waals surface area contributed by atoms with Gasteiger partial charge in [0.1, 0.15) is 11.4 Å². The fraction of sp³-hybridized carbons (Fsp3) is 0.462. The van der Waals surface area contributed by atoms with E-state index in [0.29, 0.717) is 50.5 Å². The number of pyridine rings is 1. The van der Waals surface area contributed by atoms with Gasteiger partial charge < -0.3 is 19.9 Å². The van der Waals surface area contributed by atoms with Gasteiger partial charge in [-0.1, -0.05) is 18.2 Å². The van der Waals surface area contributed by atoms with Gasteiger partial charge in [-0.3, -0.25) is 19.4 Å². The molecule has 1 unspecified atom stereocenters. The van der Waals surface area contributed by atoms with Crippen LogP contribution in [-0.4, -0.2) is 64.3 Å². The number of carbonyl (C=O) groups excluding carboxylic acids is 3. The van der Waals surface area contributed by atoms with Gasteiger partial charge in [0.05, 0.1) is 24.4 Å². The van der Waals surface area contributed by atoms with Crippen LogP contribution in [0.15, 0.2) is 48.7 Å². The molecule has 3 amide bonds. The molecule has 8 nitrogen and oxygen atoms in total. The first-order valence-corrected chi connectivity index (χ1v) is 12.1. The summed E-state index contributed by atoms with van der Waals surface area (Å²) >= 11 is 0. The first-order chi connectivity index (χ1) is 16.5. The van der Waals surface area contributed by atoms with Crippen molar-refractivity contribution < 1.29 is 19.1 Å². The number of piperidine rings is 2. The molecule has 1 N–H and O–H groups in total.